The number of amides is 1. The Bertz CT molecular complexity index is 1250. The Hall–Kier alpha value is -3.94. The Kier molecular flexibility index (Phi) is 5.64. The molecule has 8 heteroatoms. The first-order valence-electron chi connectivity index (χ1n) is 11.0. The standard InChI is InChI=1S/C25H25N5O3/c1-17(32-19-11-7-4-8-12-19)25(31)30-14-13-21-20(16-30)23(27-29(21)2)24-26-22(28-33-24)15-18-9-5-3-6-10-18/h3-12,17H,13-16H2,1-2H3/t17-/m0/s1. The van der Waals surface area contributed by atoms with Gasteiger partial charge < -0.3 is 14.2 Å². The minimum atomic E-state index is -0.588. The molecule has 1 amide bonds. The highest BCUT2D eigenvalue weighted by molar-refractivity contribution is 5.81. The number of para-hydroxylation sites is 1. The SMILES string of the molecule is C[C@H](Oc1ccccc1)C(=O)N1CCc2c(c(-c3nc(Cc4ccccc4)no3)nn2C)C1. The van der Waals surface area contributed by atoms with Gasteiger partial charge in [-0.25, -0.2) is 0 Å². The third kappa shape index (κ3) is 4.37. The highest BCUT2D eigenvalue weighted by atomic mass is 16.5. The van der Waals surface area contributed by atoms with Gasteiger partial charge in [0.05, 0.1) is 0 Å². The molecule has 4 aromatic rings. The average Bonchev–Trinajstić information content (AvgIpc) is 3.43. The molecular weight excluding hydrogens is 418 g/mol. The Morgan fingerprint density at radius 3 is 2.61 bits per heavy atom. The second kappa shape index (κ2) is 8.90. The number of fused-ring (bicyclic) bond motifs is 1. The van der Waals surface area contributed by atoms with E-state index in [0.29, 0.717) is 49.1 Å². The van der Waals surface area contributed by atoms with Gasteiger partial charge in [-0.3, -0.25) is 9.48 Å². The van der Waals surface area contributed by atoms with Gasteiger partial charge in [-0.1, -0.05) is 53.7 Å². The fraction of sp³-hybridized carbons (Fsp3) is 0.280. The van der Waals surface area contributed by atoms with E-state index in [1.165, 1.54) is 0 Å². The largest absolute Gasteiger partial charge is 0.481 e. The zero-order chi connectivity index (χ0) is 22.8. The molecule has 1 aliphatic heterocycles. The molecule has 5 rings (SSSR count). The number of aromatic nitrogens is 4. The van der Waals surface area contributed by atoms with E-state index < -0.39 is 6.10 Å². The van der Waals surface area contributed by atoms with Crippen molar-refractivity contribution in [2.45, 2.75) is 32.4 Å². The molecule has 0 fully saturated rings. The fourth-order valence-corrected chi connectivity index (χ4v) is 4.16. The number of rotatable bonds is 6. The van der Waals surface area contributed by atoms with Gasteiger partial charge in [-0.2, -0.15) is 10.1 Å². The summed E-state index contributed by atoms with van der Waals surface area (Å²) >= 11 is 0. The van der Waals surface area contributed by atoms with Crippen molar-refractivity contribution in [1.29, 1.82) is 0 Å². The summed E-state index contributed by atoms with van der Waals surface area (Å²) in [5.41, 5.74) is 3.76. The van der Waals surface area contributed by atoms with Crippen LogP contribution in [0.15, 0.2) is 65.2 Å². The molecule has 1 atom stereocenters. The van der Waals surface area contributed by atoms with E-state index in [1.807, 2.05) is 77.3 Å². The molecule has 8 nitrogen and oxygen atoms in total. The lowest BCUT2D eigenvalue weighted by atomic mass is 10.0. The van der Waals surface area contributed by atoms with E-state index in [2.05, 4.69) is 15.2 Å². The molecule has 33 heavy (non-hydrogen) atoms. The lowest BCUT2D eigenvalue weighted by molar-refractivity contribution is -0.138. The van der Waals surface area contributed by atoms with Crippen LogP contribution in [0.3, 0.4) is 0 Å². The van der Waals surface area contributed by atoms with Crippen LogP contribution in [0.1, 0.15) is 29.6 Å². The number of nitrogens with zero attached hydrogens (tertiary/aromatic N) is 5. The Labute approximate surface area is 191 Å². The summed E-state index contributed by atoms with van der Waals surface area (Å²) in [5.74, 6) is 1.59. The predicted molar refractivity (Wildman–Crippen MR) is 121 cm³/mol. The average molecular weight is 444 g/mol. The summed E-state index contributed by atoms with van der Waals surface area (Å²) in [5, 5.41) is 8.78. The first-order valence-corrected chi connectivity index (χ1v) is 11.0. The smallest absolute Gasteiger partial charge is 0.278 e. The predicted octanol–water partition coefficient (Wildman–Crippen LogP) is 3.41. The molecule has 0 unspecified atom stereocenters. The highest BCUT2D eigenvalue weighted by Crippen LogP contribution is 2.29. The number of ether oxygens (including phenoxy) is 1. The van der Waals surface area contributed by atoms with Crippen molar-refractivity contribution in [3.8, 4) is 17.3 Å². The van der Waals surface area contributed by atoms with E-state index in [4.69, 9.17) is 9.26 Å². The summed E-state index contributed by atoms with van der Waals surface area (Å²) in [6.07, 6.45) is 0.696. The second-order valence-electron chi connectivity index (χ2n) is 8.16. The molecule has 0 bridgehead atoms. The van der Waals surface area contributed by atoms with Crippen LogP contribution in [-0.4, -0.2) is 43.4 Å². The molecule has 0 N–H and O–H groups in total. The molecule has 3 heterocycles. The van der Waals surface area contributed by atoms with E-state index in [1.54, 1.807) is 6.92 Å². The third-order valence-electron chi connectivity index (χ3n) is 5.83. The van der Waals surface area contributed by atoms with E-state index in [-0.39, 0.29) is 5.91 Å². The van der Waals surface area contributed by atoms with Crippen LogP contribution in [0, 0.1) is 0 Å². The minimum absolute atomic E-state index is 0.0606. The van der Waals surface area contributed by atoms with Crippen molar-refractivity contribution in [3.05, 3.63) is 83.3 Å². The maximum absolute atomic E-state index is 13.1. The Balaban J connectivity index is 1.34. The minimum Gasteiger partial charge on any atom is -0.481 e. The van der Waals surface area contributed by atoms with Gasteiger partial charge in [-0.05, 0) is 24.6 Å². The van der Waals surface area contributed by atoms with Crippen molar-refractivity contribution in [1.82, 2.24) is 24.8 Å². The van der Waals surface area contributed by atoms with Crippen molar-refractivity contribution >= 4 is 5.91 Å². The Morgan fingerprint density at radius 1 is 1.12 bits per heavy atom. The monoisotopic (exact) mass is 443 g/mol. The zero-order valence-electron chi connectivity index (χ0n) is 18.6. The Morgan fingerprint density at radius 2 is 1.85 bits per heavy atom. The van der Waals surface area contributed by atoms with Crippen LogP contribution in [0.25, 0.3) is 11.6 Å². The van der Waals surface area contributed by atoms with Crippen molar-refractivity contribution < 1.29 is 14.1 Å². The fourth-order valence-electron chi connectivity index (χ4n) is 4.16. The first kappa shape index (κ1) is 20.9. The van der Waals surface area contributed by atoms with Crippen LogP contribution in [0.2, 0.25) is 0 Å². The molecule has 2 aromatic heterocycles. The normalized spacial score (nSPS) is 14.1. The molecule has 0 aliphatic carbocycles. The van der Waals surface area contributed by atoms with Gasteiger partial charge in [0.1, 0.15) is 5.75 Å². The lowest BCUT2D eigenvalue weighted by Gasteiger charge is -2.29. The first-order chi connectivity index (χ1) is 16.1. The number of aryl methyl sites for hydroxylation is 1. The van der Waals surface area contributed by atoms with Gasteiger partial charge in [0.2, 0.25) is 0 Å². The van der Waals surface area contributed by atoms with Gasteiger partial charge in [0, 0.05) is 44.2 Å². The number of carbonyl (C=O) groups is 1. The van der Waals surface area contributed by atoms with Crippen molar-refractivity contribution in [2.75, 3.05) is 6.54 Å². The quantitative estimate of drug-likeness (QED) is 0.454. The third-order valence-corrected chi connectivity index (χ3v) is 5.83. The van der Waals surface area contributed by atoms with Crippen LogP contribution < -0.4 is 4.74 Å². The number of benzene rings is 2. The molecule has 168 valence electrons. The van der Waals surface area contributed by atoms with Gasteiger partial charge >= 0.3 is 0 Å². The van der Waals surface area contributed by atoms with E-state index in [0.717, 1.165) is 16.8 Å². The summed E-state index contributed by atoms with van der Waals surface area (Å²) in [6.45, 7) is 2.81. The van der Waals surface area contributed by atoms with E-state index in [9.17, 15) is 4.79 Å². The summed E-state index contributed by atoms with van der Waals surface area (Å²) in [7, 11) is 1.90. The van der Waals surface area contributed by atoms with Crippen LogP contribution in [-0.2, 0) is 31.2 Å². The van der Waals surface area contributed by atoms with Crippen molar-refractivity contribution in [2.24, 2.45) is 7.05 Å². The molecule has 1 aliphatic rings. The lowest BCUT2D eigenvalue weighted by Crippen LogP contribution is -2.43. The second-order valence-corrected chi connectivity index (χ2v) is 8.16. The number of carbonyl (C=O) groups excluding carboxylic acids is 1. The van der Waals surface area contributed by atoms with Gasteiger partial charge in [0.25, 0.3) is 11.8 Å². The summed E-state index contributed by atoms with van der Waals surface area (Å²) in [4.78, 5) is 19.5. The summed E-state index contributed by atoms with van der Waals surface area (Å²) in [6, 6.07) is 19.4. The summed E-state index contributed by atoms with van der Waals surface area (Å²) < 4.78 is 13.2. The molecule has 0 spiro atoms. The molecule has 0 saturated heterocycles. The zero-order valence-corrected chi connectivity index (χ0v) is 18.6. The molecule has 0 radical (unpaired) electrons. The van der Waals surface area contributed by atoms with Crippen molar-refractivity contribution in [3.63, 3.8) is 0 Å². The van der Waals surface area contributed by atoms with Crippen LogP contribution in [0.5, 0.6) is 5.75 Å². The maximum Gasteiger partial charge on any atom is 0.278 e. The van der Waals surface area contributed by atoms with E-state index >= 15 is 0 Å². The van der Waals surface area contributed by atoms with Gasteiger partial charge in [-0.15, -0.1) is 0 Å². The van der Waals surface area contributed by atoms with Crippen LogP contribution in [0.4, 0.5) is 0 Å². The molecular formula is C25H25N5O3. The molecule has 0 saturated carbocycles. The maximum atomic E-state index is 13.1. The molecule has 2 aromatic carbocycles. The van der Waals surface area contributed by atoms with Crippen LogP contribution >= 0.6 is 0 Å². The van der Waals surface area contributed by atoms with Gasteiger partial charge in [0.15, 0.2) is 17.6 Å². The highest BCUT2D eigenvalue weighted by Gasteiger charge is 2.31. The number of hydrogen-bond donors (Lipinski definition) is 0. The number of hydrogen-bond acceptors (Lipinski definition) is 6. The topological polar surface area (TPSA) is 86.3 Å².